The lowest BCUT2D eigenvalue weighted by Gasteiger charge is -2.23. The highest BCUT2D eigenvalue weighted by Gasteiger charge is 2.38. The van der Waals surface area contributed by atoms with Gasteiger partial charge in [0.25, 0.3) is 0 Å². The Bertz CT molecular complexity index is 714. The predicted molar refractivity (Wildman–Crippen MR) is 103 cm³/mol. The van der Waals surface area contributed by atoms with Crippen LogP contribution >= 0.6 is 0 Å². The maximum Gasteiger partial charge on any atom is 0.306 e. The summed E-state index contributed by atoms with van der Waals surface area (Å²) < 4.78 is 5.20. The minimum absolute atomic E-state index is 0.165. The Morgan fingerprint density at radius 2 is 1.92 bits per heavy atom. The number of benzene rings is 1. The number of carbonyl (C=O) groups is 2. The molecule has 1 aromatic carbocycles. The van der Waals surface area contributed by atoms with E-state index in [1.165, 1.54) is 31.2 Å². The van der Waals surface area contributed by atoms with Gasteiger partial charge in [-0.1, -0.05) is 57.7 Å². The van der Waals surface area contributed by atoms with Crippen LogP contribution in [0.5, 0.6) is 0 Å². The molecule has 2 aliphatic rings. The third kappa shape index (κ3) is 3.84. The summed E-state index contributed by atoms with van der Waals surface area (Å²) in [5, 5.41) is 0. The normalized spacial score (nSPS) is 20.4. The van der Waals surface area contributed by atoms with Gasteiger partial charge >= 0.3 is 5.97 Å². The summed E-state index contributed by atoms with van der Waals surface area (Å²) in [5.41, 5.74) is 3.01. The van der Waals surface area contributed by atoms with Crippen LogP contribution in [0.4, 0.5) is 5.69 Å². The van der Waals surface area contributed by atoms with Crippen molar-refractivity contribution >= 4 is 17.4 Å². The fourth-order valence-corrected chi connectivity index (χ4v) is 4.30. The van der Waals surface area contributed by atoms with Gasteiger partial charge in [0.2, 0.25) is 0 Å². The quantitative estimate of drug-likeness (QED) is 0.561. The molecule has 0 aromatic heterocycles. The van der Waals surface area contributed by atoms with Crippen LogP contribution in [0.1, 0.15) is 57.9 Å². The van der Waals surface area contributed by atoms with Crippen molar-refractivity contribution in [3.63, 3.8) is 0 Å². The van der Waals surface area contributed by atoms with Crippen molar-refractivity contribution in [3.05, 3.63) is 41.6 Å². The third-order valence-electron chi connectivity index (χ3n) is 5.85. The summed E-state index contributed by atoms with van der Waals surface area (Å²) >= 11 is 0. The standard InChI is InChI=1S/C22H29NO3/c1-22(2)18-10-6-7-11-19(18)23(3)20(22)14-17(24)15-26-21(25)13-12-16-8-4-5-9-16/h6-7,10-11,14,16H,4-5,8-9,12-13,15H2,1-3H3/b20-14-. The van der Waals surface area contributed by atoms with Crippen molar-refractivity contribution in [1.29, 1.82) is 0 Å². The molecule has 4 nitrogen and oxygen atoms in total. The molecule has 0 unspecified atom stereocenters. The molecule has 0 radical (unpaired) electrons. The van der Waals surface area contributed by atoms with Crippen LogP contribution in [-0.4, -0.2) is 25.4 Å². The molecule has 1 heterocycles. The summed E-state index contributed by atoms with van der Waals surface area (Å²) in [5.74, 6) is 0.236. The predicted octanol–water partition coefficient (Wildman–Crippen LogP) is 4.38. The first-order chi connectivity index (χ1) is 12.4. The van der Waals surface area contributed by atoms with Gasteiger partial charge in [-0.05, 0) is 24.0 Å². The van der Waals surface area contributed by atoms with Gasteiger partial charge in [-0.25, -0.2) is 0 Å². The average Bonchev–Trinajstić information content (AvgIpc) is 3.21. The topological polar surface area (TPSA) is 46.6 Å². The summed E-state index contributed by atoms with van der Waals surface area (Å²) in [6.07, 6.45) is 7.93. The molecule has 0 bridgehead atoms. The SMILES string of the molecule is CN1/C(=C\C(=O)COC(=O)CCC2CCCC2)C(C)(C)c2ccccc21. The summed E-state index contributed by atoms with van der Waals surface area (Å²) in [6.45, 7) is 4.05. The number of allylic oxidation sites excluding steroid dienone is 1. The molecular formula is C22H29NO3. The lowest BCUT2D eigenvalue weighted by molar-refractivity contribution is -0.147. The number of ether oxygens (including phenoxy) is 1. The molecular weight excluding hydrogens is 326 g/mol. The van der Waals surface area contributed by atoms with Gasteiger partial charge < -0.3 is 9.64 Å². The largest absolute Gasteiger partial charge is 0.457 e. The van der Waals surface area contributed by atoms with E-state index in [1.54, 1.807) is 6.08 Å². The molecule has 0 amide bonds. The highest BCUT2D eigenvalue weighted by atomic mass is 16.5. The second-order valence-electron chi connectivity index (χ2n) is 8.05. The summed E-state index contributed by atoms with van der Waals surface area (Å²) in [4.78, 5) is 26.3. The molecule has 4 heteroatoms. The maximum atomic E-state index is 12.4. The van der Waals surface area contributed by atoms with Crippen LogP contribution in [0.15, 0.2) is 36.0 Å². The van der Waals surface area contributed by atoms with Gasteiger partial charge in [-0.2, -0.15) is 0 Å². The second-order valence-corrected chi connectivity index (χ2v) is 8.05. The minimum atomic E-state index is -0.258. The van der Waals surface area contributed by atoms with Crippen molar-refractivity contribution < 1.29 is 14.3 Å². The van der Waals surface area contributed by atoms with Crippen LogP contribution in [0.2, 0.25) is 0 Å². The molecule has 26 heavy (non-hydrogen) atoms. The van der Waals surface area contributed by atoms with Crippen LogP contribution in [-0.2, 0) is 19.7 Å². The molecule has 0 saturated heterocycles. The zero-order valence-electron chi connectivity index (χ0n) is 16.1. The molecule has 1 saturated carbocycles. The van der Waals surface area contributed by atoms with Crippen molar-refractivity contribution in [2.24, 2.45) is 5.92 Å². The van der Waals surface area contributed by atoms with E-state index in [1.807, 2.05) is 19.2 Å². The first kappa shape index (κ1) is 18.7. The zero-order valence-corrected chi connectivity index (χ0v) is 16.1. The smallest absolute Gasteiger partial charge is 0.306 e. The van der Waals surface area contributed by atoms with E-state index in [4.69, 9.17) is 4.74 Å². The average molecular weight is 355 g/mol. The Morgan fingerprint density at radius 1 is 1.23 bits per heavy atom. The van der Waals surface area contributed by atoms with Crippen LogP contribution < -0.4 is 4.90 Å². The number of carbonyl (C=O) groups excluding carboxylic acids is 2. The number of ketones is 1. The molecule has 1 aromatic rings. The van der Waals surface area contributed by atoms with E-state index in [9.17, 15) is 9.59 Å². The molecule has 1 aliphatic carbocycles. The summed E-state index contributed by atoms with van der Waals surface area (Å²) in [6, 6.07) is 8.18. The fraction of sp³-hybridized carbons (Fsp3) is 0.545. The monoisotopic (exact) mass is 355 g/mol. The van der Waals surface area contributed by atoms with Gasteiger partial charge in [0, 0.05) is 36.3 Å². The van der Waals surface area contributed by atoms with E-state index >= 15 is 0 Å². The lowest BCUT2D eigenvalue weighted by atomic mass is 9.83. The third-order valence-corrected chi connectivity index (χ3v) is 5.85. The van der Waals surface area contributed by atoms with Crippen LogP contribution in [0, 0.1) is 5.92 Å². The highest BCUT2D eigenvalue weighted by Crippen LogP contribution is 2.46. The number of hydrogen-bond donors (Lipinski definition) is 0. The van der Waals surface area contributed by atoms with E-state index < -0.39 is 0 Å². The molecule has 1 aliphatic heterocycles. The Kier molecular flexibility index (Phi) is 5.49. The van der Waals surface area contributed by atoms with E-state index in [-0.39, 0.29) is 23.8 Å². The first-order valence-electron chi connectivity index (χ1n) is 9.63. The molecule has 0 atom stereocenters. The first-order valence-corrected chi connectivity index (χ1v) is 9.63. The van der Waals surface area contributed by atoms with Crippen molar-refractivity contribution in [2.75, 3.05) is 18.6 Å². The van der Waals surface area contributed by atoms with E-state index in [2.05, 4.69) is 30.9 Å². The van der Waals surface area contributed by atoms with Crippen LogP contribution in [0.25, 0.3) is 0 Å². The summed E-state index contributed by atoms with van der Waals surface area (Å²) in [7, 11) is 1.97. The van der Waals surface area contributed by atoms with Crippen molar-refractivity contribution in [1.82, 2.24) is 0 Å². The van der Waals surface area contributed by atoms with Gasteiger partial charge in [0.1, 0.15) is 0 Å². The zero-order chi connectivity index (χ0) is 18.7. The fourth-order valence-electron chi connectivity index (χ4n) is 4.30. The minimum Gasteiger partial charge on any atom is -0.457 e. The van der Waals surface area contributed by atoms with E-state index in [0.717, 1.165) is 17.8 Å². The number of fused-ring (bicyclic) bond motifs is 1. The number of hydrogen-bond acceptors (Lipinski definition) is 4. The van der Waals surface area contributed by atoms with Gasteiger partial charge in [-0.3, -0.25) is 9.59 Å². The molecule has 0 N–H and O–H groups in total. The Morgan fingerprint density at radius 3 is 2.62 bits per heavy atom. The number of nitrogens with zero attached hydrogens (tertiary/aromatic N) is 1. The molecule has 1 fully saturated rings. The highest BCUT2D eigenvalue weighted by molar-refractivity contribution is 5.94. The Balaban J connectivity index is 1.56. The Labute approximate surface area is 156 Å². The molecule has 3 rings (SSSR count). The van der Waals surface area contributed by atoms with Crippen molar-refractivity contribution in [3.8, 4) is 0 Å². The van der Waals surface area contributed by atoms with Gasteiger partial charge in [0.05, 0.1) is 0 Å². The molecule has 0 spiro atoms. The second kappa shape index (κ2) is 7.65. The van der Waals surface area contributed by atoms with Gasteiger partial charge in [0.15, 0.2) is 12.4 Å². The van der Waals surface area contributed by atoms with Gasteiger partial charge in [-0.15, -0.1) is 0 Å². The maximum absolute atomic E-state index is 12.4. The lowest BCUT2D eigenvalue weighted by Crippen LogP contribution is -2.25. The molecule has 140 valence electrons. The Hall–Kier alpha value is -2.10. The van der Waals surface area contributed by atoms with E-state index in [0.29, 0.717) is 12.3 Å². The van der Waals surface area contributed by atoms with Crippen LogP contribution in [0.3, 0.4) is 0 Å². The number of likely N-dealkylation sites (N-methyl/N-ethyl adjacent to an activating group) is 1. The van der Waals surface area contributed by atoms with Crippen molar-refractivity contribution in [2.45, 2.75) is 57.8 Å². The number of para-hydroxylation sites is 1. The number of anilines is 1. The number of rotatable bonds is 6. The number of esters is 1.